The molecular formula is C19H22N2O3. The minimum Gasteiger partial charge on any atom is -0.484 e. The maximum absolute atomic E-state index is 11.9. The maximum atomic E-state index is 11.9. The number of hydrogen-bond acceptors (Lipinski definition) is 3. The van der Waals surface area contributed by atoms with Crippen LogP contribution in [0.4, 0.5) is 5.69 Å². The van der Waals surface area contributed by atoms with E-state index in [-0.39, 0.29) is 18.4 Å². The van der Waals surface area contributed by atoms with Gasteiger partial charge in [0, 0.05) is 17.8 Å². The first-order valence-electron chi connectivity index (χ1n) is 7.96. The Hall–Kier alpha value is -2.82. The van der Waals surface area contributed by atoms with Crippen LogP contribution in [0.2, 0.25) is 0 Å². The molecule has 0 saturated heterocycles. The molecule has 5 nitrogen and oxygen atoms in total. The predicted octanol–water partition coefficient (Wildman–Crippen LogP) is 3.15. The average molecular weight is 326 g/mol. The standard InChI is InChI=1S/C19H22N2O3/c1-3-11-20-19(23)15-7-9-16(10-8-15)21-18(22)13-24-17-6-4-5-14(2)12-17/h4-10,12H,3,11,13H2,1-2H3,(H,20,23)(H,21,22). The first-order valence-corrected chi connectivity index (χ1v) is 7.96. The van der Waals surface area contributed by atoms with Crippen LogP contribution in [-0.2, 0) is 4.79 Å². The Balaban J connectivity index is 1.84. The van der Waals surface area contributed by atoms with Gasteiger partial charge in [-0.1, -0.05) is 19.1 Å². The number of benzene rings is 2. The molecule has 126 valence electrons. The average Bonchev–Trinajstić information content (AvgIpc) is 2.58. The lowest BCUT2D eigenvalue weighted by Gasteiger charge is -2.09. The number of amides is 2. The van der Waals surface area contributed by atoms with E-state index < -0.39 is 0 Å². The van der Waals surface area contributed by atoms with Gasteiger partial charge in [0.2, 0.25) is 0 Å². The van der Waals surface area contributed by atoms with E-state index in [1.54, 1.807) is 24.3 Å². The zero-order valence-electron chi connectivity index (χ0n) is 14.0. The third-order valence-electron chi connectivity index (χ3n) is 3.33. The Morgan fingerprint density at radius 3 is 2.50 bits per heavy atom. The Morgan fingerprint density at radius 1 is 1.08 bits per heavy atom. The van der Waals surface area contributed by atoms with Crippen molar-refractivity contribution in [2.45, 2.75) is 20.3 Å². The molecule has 0 fully saturated rings. The van der Waals surface area contributed by atoms with E-state index >= 15 is 0 Å². The van der Waals surface area contributed by atoms with Gasteiger partial charge in [0.25, 0.3) is 11.8 Å². The molecular weight excluding hydrogens is 304 g/mol. The smallest absolute Gasteiger partial charge is 0.262 e. The first-order chi connectivity index (χ1) is 11.6. The zero-order valence-corrected chi connectivity index (χ0v) is 14.0. The summed E-state index contributed by atoms with van der Waals surface area (Å²) in [6, 6.07) is 14.3. The molecule has 5 heteroatoms. The van der Waals surface area contributed by atoms with Gasteiger partial charge in [0.15, 0.2) is 6.61 Å². The van der Waals surface area contributed by atoms with Crippen LogP contribution < -0.4 is 15.4 Å². The highest BCUT2D eigenvalue weighted by Crippen LogP contribution is 2.13. The Labute approximate surface area is 142 Å². The van der Waals surface area contributed by atoms with Crippen molar-refractivity contribution in [1.82, 2.24) is 5.32 Å². The fourth-order valence-corrected chi connectivity index (χ4v) is 2.10. The largest absolute Gasteiger partial charge is 0.484 e. The molecule has 0 aliphatic heterocycles. The topological polar surface area (TPSA) is 67.4 Å². The van der Waals surface area contributed by atoms with E-state index in [0.29, 0.717) is 23.5 Å². The fourth-order valence-electron chi connectivity index (χ4n) is 2.10. The highest BCUT2D eigenvalue weighted by atomic mass is 16.5. The highest BCUT2D eigenvalue weighted by Gasteiger charge is 2.07. The van der Waals surface area contributed by atoms with Crippen molar-refractivity contribution in [3.8, 4) is 5.75 Å². The van der Waals surface area contributed by atoms with Crippen LogP contribution in [-0.4, -0.2) is 25.0 Å². The van der Waals surface area contributed by atoms with Gasteiger partial charge >= 0.3 is 0 Å². The van der Waals surface area contributed by atoms with Crippen LogP contribution in [0.3, 0.4) is 0 Å². The lowest BCUT2D eigenvalue weighted by Crippen LogP contribution is -2.24. The zero-order chi connectivity index (χ0) is 17.4. The van der Waals surface area contributed by atoms with Crippen molar-refractivity contribution in [3.63, 3.8) is 0 Å². The summed E-state index contributed by atoms with van der Waals surface area (Å²) in [7, 11) is 0. The van der Waals surface area contributed by atoms with Gasteiger partial charge in [-0.15, -0.1) is 0 Å². The Bertz CT molecular complexity index is 696. The number of anilines is 1. The van der Waals surface area contributed by atoms with E-state index in [1.807, 2.05) is 38.1 Å². The molecule has 0 atom stereocenters. The quantitative estimate of drug-likeness (QED) is 0.821. The normalized spacial score (nSPS) is 10.1. The van der Waals surface area contributed by atoms with Crippen molar-refractivity contribution in [2.24, 2.45) is 0 Å². The third-order valence-corrected chi connectivity index (χ3v) is 3.33. The van der Waals surface area contributed by atoms with Crippen molar-refractivity contribution < 1.29 is 14.3 Å². The van der Waals surface area contributed by atoms with E-state index in [1.165, 1.54) is 0 Å². The van der Waals surface area contributed by atoms with Crippen molar-refractivity contribution in [1.29, 1.82) is 0 Å². The molecule has 0 radical (unpaired) electrons. The second kappa shape index (κ2) is 8.72. The lowest BCUT2D eigenvalue weighted by molar-refractivity contribution is -0.118. The lowest BCUT2D eigenvalue weighted by atomic mass is 10.2. The molecule has 0 aliphatic rings. The monoisotopic (exact) mass is 326 g/mol. The number of carbonyl (C=O) groups excluding carboxylic acids is 2. The molecule has 2 aromatic carbocycles. The van der Waals surface area contributed by atoms with Gasteiger partial charge in [-0.3, -0.25) is 9.59 Å². The van der Waals surface area contributed by atoms with E-state index in [4.69, 9.17) is 4.74 Å². The predicted molar refractivity (Wildman–Crippen MR) is 94.4 cm³/mol. The van der Waals surface area contributed by atoms with Gasteiger partial charge in [-0.25, -0.2) is 0 Å². The third kappa shape index (κ3) is 5.43. The van der Waals surface area contributed by atoms with Crippen LogP contribution in [0.1, 0.15) is 29.3 Å². The summed E-state index contributed by atoms with van der Waals surface area (Å²) in [6.45, 7) is 4.54. The number of ether oxygens (including phenoxy) is 1. The van der Waals surface area contributed by atoms with Crippen molar-refractivity contribution >= 4 is 17.5 Å². The summed E-state index contributed by atoms with van der Waals surface area (Å²) in [5, 5.41) is 5.55. The molecule has 2 N–H and O–H groups in total. The molecule has 0 saturated carbocycles. The Morgan fingerprint density at radius 2 is 1.83 bits per heavy atom. The van der Waals surface area contributed by atoms with Gasteiger partial charge in [0.1, 0.15) is 5.75 Å². The number of nitrogens with one attached hydrogen (secondary N) is 2. The summed E-state index contributed by atoms with van der Waals surface area (Å²) in [6.07, 6.45) is 0.890. The molecule has 2 rings (SSSR count). The number of hydrogen-bond donors (Lipinski definition) is 2. The summed E-state index contributed by atoms with van der Waals surface area (Å²) in [5.74, 6) is 0.297. The van der Waals surface area contributed by atoms with Crippen LogP contribution in [0.15, 0.2) is 48.5 Å². The summed E-state index contributed by atoms with van der Waals surface area (Å²) in [4.78, 5) is 23.7. The molecule has 24 heavy (non-hydrogen) atoms. The summed E-state index contributed by atoms with van der Waals surface area (Å²) in [5.41, 5.74) is 2.27. The second-order valence-electron chi connectivity index (χ2n) is 5.49. The minimum atomic E-state index is -0.250. The van der Waals surface area contributed by atoms with E-state index in [2.05, 4.69) is 10.6 Å². The number of aryl methyl sites for hydroxylation is 1. The second-order valence-corrected chi connectivity index (χ2v) is 5.49. The van der Waals surface area contributed by atoms with Crippen LogP contribution in [0.5, 0.6) is 5.75 Å². The molecule has 0 unspecified atom stereocenters. The van der Waals surface area contributed by atoms with Gasteiger partial charge in [-0.2, -0.15) is 0 Å². The molecule has 0 aliphatic carbocycles. The molecule has 0 aromatic heterocycles. The van der Waals surface area contributed by atoms with Crippen LogP contribution in [0, 0.1) is 6.92 Å². The molecule has 2 amide bonds. The summed E-state index contributed by atoms with van der Waals surface area (Å²) >= 11 is 0. The number of carbonyl (C=O) groups is 2. The van der Waals surface area contributed by atoms with Gasteiger partial charge in [-0.05, 0) is 55.3 Å². The molecule has 2 aromatic rings. The van der Waals surface area contributed by atoms with Gasteiger partial charge in [0.05, 0.1) is 0 Å². The van der Waals surface area contributed by atoms with E-state index in [9.17, 15) is 9.59 Å². The van der Waals surface area contributed by atoms with Crippen LogP contribution >= 0.6 is 0 Å². The number of rotatable bonds is 7. The van der Waals surface area contributed by atoms with Crippen molar-refractivity contribution in [3.05, 3.63) is 59.7 Å². The minimum absolute atomic E-state index is 0.0673. The molecule has 0 bridgehead atoms. The maximum Gasteiger partial charge on any atom is 0.262 e. The van der Waals surface area contributed by atoms with Crippen LogP contribution in [0.25, 0.3) is 0 Å². The summed E-state index contributed by atoms with van der Waals surface area (Å²) < 4.78 is 5.45. The molecule has 0 heterocycles. The van der Waals surface area contributed by atoms with E-state index in [0.717, 1.165) is 12.0 Å². The fraction of sp³-hybridized carbons (Fsp3) is 0.263. The Kier molecular flexibility index (Phi) is 6.37. The van der Waals surface area contributed by atoms with Gasteiger partial charge < -0.3 is 15.4 Å². The first kappa shape index (κ1) is 17.5. The SMILES string of the molecule is CCCNC(=O)c1ccc(NC(=O)COc2cccc(C)c2)cc1. The highest BCUT2D eigenvalue weighted by molar-refractivity contribution is 5.96. The van der Waals surface area contributed by atoms with Crippen molar-refractivity contribution in [2.75, 3.05) is 18.5 Å². The molecule has 0 spiro atoms.